The highest BCUT2D eigenvalue weighted by Crippen LogP contribution is 2.37. The SMILES string of the molecule is COCC(NC(=O)Nc1cnc(C2CC2)nc1)c1ccc(F)c(F)c1. The number of hydrogen-bond acceptors (Lipinski definition) is 4. The number of hydrogen-bond donors (Lipinski definition) is 2. The van der Waals surface area contributed by atoms with Crippen LogP contribution in [0.4, 0.5) is 19.3 Å². The molecule has 1 unspecified atom stereocenters. The monoisotopic (exact) mass is 348 g/mol. The molecular weight excluding hydrogens is 330 g/mol. The summed E-state index contributed by atoms with van der Waals surface area (Å²) in [6, 6.07) is 2.29. The van der Waals surface area contributed by atoms with Crippen molar-refractivity contribution in [1.29, 1.82) is 0 Å². The summed E-state index contributed by atoms with van der Waals surface area (Å²) in [4.78, 5) is 20.6. The molecule has 1 aromatic heterocycles. The smallest absolute Gasteiger partial charge is 0.319 e. The molecule has 8 heteroatoms. The van der Waals surface area contributed by atoms with Crippen LogP contribution in [0.2, 0.25) is 0 Å². The normalized spacial score (nSPS) is 14.8. The zero-order valence-electron chi connectivity index (χ0n) is 13.6. The Balaban J connectivity index is 1.64. The molecule has 2 aromatic rings. The van der Waals surface area contributed by atoms with Crippen molar-refractivity contribution >= 4 is 11.7 Å². The summed E-state index contributed by atoms with van der Waals surface area (Å²) in [5, 5.41) is 5.27. The third-order valence-electron chi connectivity index (χ3n) is 3.86. The molecule has 2 amide bonds. The second-order valence-corrected chi connectivity index (χ2v) is 5.88. The van der Waals surface area contributed by atoms with Crippen molar-refractivity contribution in [3.05, 3.63) is 53.6 Å². The summed E-state index contributed by atoms with van der Waals surface area (Å²) in [7, 11) is 1.46. The Labute approximate surface area is 143 Å². The number of carbonyl (C=O) groups excluding carboxylic acids is 1. The van der Waals surface area contributed by atoms with E-state index in [-0.39, 0.29) is 6.61 Å². The lowest BCUT2D eigenvalue weighted by atomic mass is 10.1. The highest BCUT2D eigenvalue weighted by atomic mass is 19.2. The maximum atomic E-state index is 13.4. The number of amides is 2. The molecule has 0 spiro atoms. The Bertz CT molecular complexity index is 751. The van der Waals surface area contributed by atoms with E-state index in [0.29, 0.717) is 17.2 Å². The lowest BCUT2D eigenvalue weighted by Crippen LogP contribution is -2.35. The molecule has 2 N–H and O–H groups in total. The number of methoxy groups -OCH3 is 1. The minimum atomic E-state index is -0.982. The molecule has 0 bridgehead atoms. The van der Waals surface area contributed by atoms with Crippen LogP contribution in [-0.2, 0) is 4.74 Å². The van der Waals surface area contributed by atoms with Crippen LogP contribution < -0.4 is 10.6 Å². The van der Waals surface area contributed by atoms with Gasteiger partial charge in [0.2, 0.25) is 0 Å². The maximum absolute atomic E-state index is 13.4. The number of benzene rings is 1. The Morgan fingerprint density at radius 3 is 2.60 bits per heavy atom. The zero-order chi connectivity index (χ0) is 17.8. The number of halogens is 2. The molecule has 1 saturated carbocycles. The predicted octanol–water partition coefficient (Wildman–Crippen LogP) is 3.14. The van der Waals surface area contributed by atoms with Gasteiger partial charge in [0.25, 0.3) is 0 Å². The van der Waals surface area contributed by atoms with Crippen LogP contribution in [0.5, 0.6) is 0 Å². The van der Waals surface area contributed by atoms with Gasteiger partial charge >= 0.3 is 6.03 Å². The summed E-state index contributed by atoms with van der Waals surface area (Å²) < 4.78 is 31.5. The van der Waals surface area contributed by atoms with Crippen molar-refractivity contribution in [3.63, 3.8) is 0 Å². The van der Waals surface area contributed by atoms with E-state index in [4.69, 9.17) is 4.74 Å². The first-order valence-corrected chi connectivity index (χ1v) is 7.90. The van der Waals surface area contributed by atoms with Crippen molar-refractivity contribution < 1.29 is 18.3 Å². The van der Waals surface area contributed by atoms with Crippen molar-refractivity contribution in [2.45, 2.75) is 24.8 Å². The van der Waals surface area contributed by atoms with Gasteiger partial charge in [-0.05, 0) is 30.5 Å². The van der Waals surface area contributed by atoms with Crippen molar-refractivity contribution in [1.82, 2.24) is 15.3 Å². The summed E-state index contributed by atoms with van der Waals surface area (Å²) in [6.45, 7) is 0.107. The largest absolute Gasteiger partial charge is 0.382 e. The van der Waals surface area contributed by atoms with Crippen LogP contribution in [0.1, 0.15) is 36.2 Å². The number of rotatable bonds is 6. The summed E-state index contributed by atoms with van der Waals surface area (Å²) in [5.74, 6) is -0.713. The number of nitrogens with one attached hydrogen (secondary N) is 2. The van der Waals surface area contributed by atoms with Gasteiger partial charge < -0.3 is 15.4 Å². The maximum Gasteiger partial charge on any atom is 0.319 e. The lowest BCUT2D eigenvalue weighted by Gasteiger charge is -2.19. The van der Waals surface area contributed by atoms with E-state index >= 15 is 0 Å². The highest BCUT2D eigenvalue weighted by molar-refractivity contribution is 5.89. The minimum absolute atomic E-state index is 0.107. The van der Waals surface area contributed by atoms with Gasteiger partial charge in [0, 0.05) is 13.0 Å². The zero-order valence-corrected chi connectivity index (χ0v) is 13.6. The van der Waals surface area contributed by atoms with Crippen LogP contribution in [-0.4, -0.2) is 29.7 Å². The molecule has 0 saturated heterocycles. The Morgan fingerprint density at radius 2 is 2.00 bits per heavy atom. The van der Waals surface area contributed by atoms with Gasteiger partial charge in [-0.15, -0.1) is 0 Å². The van der Waals surface area contributed by atoms with Crippen LogP contribution in [0, 0.1) is 11.6 Å². The summed E-state index contributed by atoms with van der Waals surface area (Å²) >= 11 is 0. The van der Waals surface area contributed by atoms with Gasteiger partial charge in [0.1, 0.15) is 5.82 Å². The fourth-order valence-electron chi connectivity index (χ4n) is 2.40. The molecular formula is C17H18F2N4O2. The third kappa shape index (κ3) is 4.48. The van der Waals surface area contributed by atoms with Gasteiger partial charge in [-0.2, -0.15) is 0 Å². The number of nitrogens with zero attached hydrogens (tertiary/aromatic N) is 2. The fraction of sp³-hybridized carbons (Fsp3) is 0.353. The number of aromatic nitrogens is 2. The molecule has 1 aliphatic rings. The van der Waals surface area contributed by atoms with Gasteiger partial charge in [-0.1, -0.05) is 6.07 Å². The number of urea groups is 1. The fourth-order valence-corrected chi connectivity index (χ4v) is 2.40. The summed E-state index contributed by atoms with van der Waals surface area (Å²) in [5.41, 5.74) is 0.847. The van der Waals surface area contributed by atoms with Gasteiger partial charge in [0.05, 0.1) is 30.7 Å². The molecule has 0 aliphatic heterocycles. The van der Waals surface area contributed by atoms with E-state index < -0.39 is 23.7 Å². The topological polar surface area (TPSA) is 76.1 Å². The lowest BCUT2D eigenvalue weighted by molar-refractivity contribution is 0.168. The first-order chi connectivity index (χ1) is 12.1. The van der Waals surface area contributed by atoms with Crippen LogP contribution in [0.25, 0.3) is 0 Å². The standard InChI is InChI=1S/C17H18F2N4O2/c1-25-9-15(11-4-5-13(18)14(19)6-11)23-17(24)22-12-7-20-16(21-8-12)10-2-3-10/h4-8,10,15H,2-3,9H2,1H3,(H2,22,23,24). The third-order valence-corrected chi connectivity index (χ3v) is 3.86. The molecule has 1 aromatic carbocycles. The average molecular weight is 348 g/mol. The van der Waals surface area contributed by atoms with E-state index in [9.17, 15) is 13.6 Å². The number of ether oxygens (including phenoxy) is 1. The Hall–Kier alpha value is -2.61. The second kappa shape index (κ2) is 7.52. The summed E-state index contributed by atoms with van der Waals surface area (Å²) in [6.07, 6.45) is 5.28. The first-order valence-electron chi connectivity index (χ1n) is 7.90. The van der Waals surface area contributed by atoms with E-state index in [1.807, 2.05) is 0 Å². The Morgan fingerprint density at radius 1 is 1.28 bits per heavy atom. The number of carbonyl (C=O) groups is 1. The minimum Gasteiger partial charge on any atom is -0.382 e. The molecule has 6 nitrogen and oxygen atoms in total. The van der Waals surface area contributed by atoms with Gasteiger partial charge in [-0.25, -0.2) is 23.5 Å². The second-order valence-electron chi connectivity index (χ2n) is 5.88. The first kappa shape index (κ1) is 17.2. The van der Waals surface area contributed by atoms with Crippen LogP contribution in [0.3, 0.4) is 0 Å². The van der Waals surface area contributed by atoms with Crippen molar-refractivity contribution in [2.75, 3.05) is 19.0 Å². The molecule has 1 heterocycles. The molecule has 0 radical (unpaired) electrons. The van der Waals surface area contributed by atoms with Gasteiger partial charge in [-0.3, -0.25) is 0 Å². The van der Waals surface area contributed by atoms with Crippen molar-refractivity contribution in [3.8, 4) is 0 Å². The quantitative estimate of drug-likeness (QED) is 0.841. The molecule has 25 heavy (non-hydrogen) atoms. The van der Waals surface area contributed by atoms with Crippen LogP contribution in [0.15, 0.2) is 30.6 Å². The predicted molar refractivity (Wildman–Crippen MR) is 87.1 cm³/mol. The van der Waals surface area contributed by atoms with E-state index in [0.717, 1.165) is 30.8 Å². The molecule has 132 valence electrons. The van der Waals surface area contributed by atoms with E-state index in [2.05, 4.69) is 20.6 Å². The highest BCUT2D eigenvalue weighted by Gasteiger charge is 2.26. The van der Waals surface area contributed by atoms with Gasteiger partial charge in [0.15, 0.2) is 11.6 Å². The molecule has 1 fully saturated rings. The Kier molecular flexibility index (Phi) is 5.18. The van der Waals surface area contributed by atoms with E-state index in [1.165, 1.54) is 13.2 Å². The number of anilines is 1. The van der Waals surface area contributed by atoms with E-state index in [1.54, 1.807) is 12.4 Å². The van der Waals surface area contributed by atoms with Crippen LogP contribution >= 0.6 is 0 Å². The molecule has 1 atom stereocenters. The molecule has 1 aliphatic carbocycles. The van der Waals surface area contributed by atoms with Crippen molar-refractivity contribution in [2.24, 2.45) is 0 Å². The molecule has 3 rings (SSSR count). The average Bonchev–Trinajstić information content (AvgIpc) is 3.43.